The Balaban J connectivity index is 2.19. The Morgan fingerprint density at radius 3 is 2.53 bits per heavy atom. The summed E-state index contributed by atoms with van der Waals surface area (Å²) in [5, 5.41) is 0.642. The number of ether oxygens (including phenoxy) is 1. The van der Waals surface area contributed by atoms with Gasteiger partial charge in [-0.2, -0.15) is 0 Å². The lowest BCUT2D eigenvalue weighted by Gasteiger charge is -2.13. The fourth-order valence-corrected chi connectivity index (χ4v) is 2.18. The number of nitrogens with two attached hydrogens (primary N) is 1. The molecule has 3 heteroatoms. The number of hydrogen-bond donors (Lipinski definition) is 1. The summed E-state index contributed by atoms with van der Waals surface area (Å²) in [4.78, 5) is 0. The molecule has 0 aromatic heterocycles. The summed E-state index contributed by atoms with van der Waals surface area (Å²) in [6.45, 7) is 6.67. The van der Waals surface area contributed by atoms with Gasteiger partial charge in [-0.25, -0.2) is 0 Å². The van der Waals surface area contributed by atoms with Crippen molar-refractivity contribution in [3.63, 3.8) is 0 Å². The zero-order valence-corrected chi connectivity index (χ0v) is 12.2. The van der Waals surface area contributed by atoms with Crippen LogP contribution in [0.4, 0.5) is 5.69 Å². The van der Waals surface area contributed by atoms with Crippen LogP contribution in [-0.2, 0) is 6.61 Å². The van der Waals surface area contributed by atoms with Gasteiger partial charge in [0.1, 0.15) is 12.4 Å². The van der Waals surface area contributed by atoms with E-state index in [1.54, 1.807) is 6.07 Å². The molecule has 0 fully saturated rings. The molecule has 2 rings (SSSR count). The second kappa shape index (κ2) is 5.54. The zero-order chi connectivity index (χ0) is 14.0. The van der Waals surface area contributed by atoms with E-state index in [0.717, 1.165) is 16.9 Å². The molecule has 0 spiro atoms. The molecule has 19 heavy (non-hydrogen) atoms. The van der Waals surface area contributed by atoms with Crippen LogP contribution in [0.2, 0.25) is 5.02 Å². The molecule has 0 radical (unpaired) electrons. The molecule has 0 aliphatic heterocycles. The van der Waals surface area contributed by atoms with E-state index in [2.05, 4.69) is 32.9 Å². The van der Waals surface area contributed by atoms with Crippen LogP contribution < -0.4 is 10.5 Å². The molecule has 0 amide bonds. The van der Waals surface area contributed by atoms with E-state index in [4.69, 9.17) is 22.1 Å². The highest BCUT2D eigenvalue weighted by atomic mass is 35.5. The molecule has 100 valence electrons. The third-order valence-corrected chi connectivity index (χ3v) is 3.49. The first-order valence-electron chi connectivity index (χ1n) is 6.22. The van der Waals surface area contributed by atoms with Crippen molar-refractivity contribution in [2.75, 3.05) is 5.73 Å². The summed E-state index contributed by atoms with van der Waals surface area (Å²) in [7, 11) is 0. The van der Waals surface area contributed by atoms with E-state index in [-0.39, 0.29) is 0 Å². The molecular weight excluding hydrogens is 258 g/mol. The third kappa shape index (κ3) is 3.21. The maximum absolute atomic E-state index is 5.92. The molecule has 2 aromatic rings. The van der Waals surface area contributed by atoms with E-state index < -0.39 is 0 Å². The first kappa shape index (κ1) is 13.8. The van der Waals surface area contributed by atoms with Crippen molar-refractivity contribution in [3.8, 4) is 5.75 Å². The number of aryl methyl sites for hydroxylation is 2. The van der Waals surface area contributed by atoms with E-state index in [9.17, 15) is 0 Å². The quantitative estimate of drug-likeness (QED) is 0.841. The molecule has 0 atom stereocenters. The minimum absolute atomic E-state index is 0.451. The van der Waals surface area contributed by atoms with Crippen LogP contribution in [0.5, 0.6) is 5.75 Å². The van der Waals surface area contributed by atoms with Crippen molar-refractivity contribution < 1.29 is 4.74 Å². The molecule has 0 aliphatic rings. The van der Waals surface area contributed by atoms with Crippen LogP contribution in [-0.4, -0.2) is 0 Å². The van der Waals surface area contributed by atoms with E-state index in [1.807, 2.05) is 12.1 Å². The molecule has 2 aromatic carbocycles. The highest BCUT2D eigenvalue weighted by molar-refractivity contribution is 6.30. The summed E-state index contributed by atoms with van der Waals surface area (Å²) in [5.74, 6) is 0.909. The summed E-state index contributed by atoms with van der Waals surface area (Å²) in [6.07, 6.45) is 0. The van der Waals surface area contributed by atoms with Gasteiger partial charge in [0, 0.05) is 16.3 Å². The standard InChI is InChI=1S/C16H18ClNO/c1-10-6-11(2)12(3)16(7-10)19-9-13-4-5-14(17)8-15(13)18/h4-8H,9,18H2,1-3H3. The van der Waals surface area contributed by atoms with Gasteiger partial charge in [0.25, 0.3) is 0 Å². The molecule has 2 N–H and O–H groups in total. The van der Waals surface area contributed by atoms with Gasteiger partial charge in [-0.3, -0.25) is 0 Å². The van der Waals surface area contributed by atoms with Gasteiger partial charge in [0.15, 0.2) is 0 Å². The third-order valence-electron chi connectivity index (χ3n) is 3.26. The fraction of sp³-hybridized carbons (Fsp3) is 0.250. The predicted molar refractivity (Wildman–Crippen MR) is 80.8 cm³/mol. The molecule has 0 aliphatic carbocycles. The molecule has 2 nitrogen and oxygen atoms in total. The molecule has 0 heterocycles. The number of anilines is 1. The van der Waals surface area contributed by atoms with Crippen LogP contribution in [0.3, 0.4) is 0 Å². The number of hydrogen-bond acceptors (Lipinski definition) is 2. The van der Waals surface area contributed by atoms with E-state index in [1.165, 1.54) is 11.1 Å². The Morgan fingerprint density at radius 1 is 1.11 bits per heavy atom. The monoisotopic (exact) mass is 275 g/mol. The van der Waals surface area contributed by atoms with Crippen LogP contribution in [0.15, 0.2) is 30.3 Å². The Labute approximate surface area is 119 Å². The summed E-state index contributed by atoms with van der Waals surface area (Å²) >= 11 is 5.88. The van der Waals surface area contributed by atoms with Crippen molar-refractivity contribution >= 4 is 17.3 Å². The normalized spacial score (nSPS) is 10.5. The minimum Gasteiger partial charge on any atom is -0.489 e. The predicted octanol–water partition coefficient (Wildman–Crippen LogP) is 4.43. The molecule has 0 saturated heterocycles. The Bertz CT molecular complexity index is 608. The Kier molecular flexibility index (Phi) is 4.01. The Morgan fingerprint density at radius 2 is 1.84 bits per heavy atom. The highest BCUT2D eigenvalue weighted by Crippen LogP contribution is 2.25. The summed E-state index contributed by atoms with van der Waals surface area (Å²) < 4.78 is 5.88. The molecule has 0 unspecified atom stereocenters. The van der Waals surface area contributed by atoms with Crippen molar-refractivity contribution in [1.29, 1.82) is 0 Å². The lowest BCUT2D eigenvalue weighted by atomic mass is 10.1. The molecular formula is C16H18ClNO. The summed E-state index contributed by atoms with van der Waals surface area (Å²) in [6, 6.07) is 9.67. The van der Waals surface area contributed by atoms with Crippen molar-refractivity contribution in [2.24, 2.45) is 0 Å². The first-order chi connectivity index (χ1) is 8.97. The maximum Gasteiger partial charge on any atom is 0.123 e. The van der Waals surface area contributed by atoms with E-state index >= 15 is 0 Å². The van der Waals surface area contributed by atoms with Gasteiger partial charge in [-0.1, -0.05) is 23.7 Å². The number of benzene rings is 2. The average molecular weight is 276 g/mol. The van der Waals surface area contributed by atoms with Gasteiger partial charge in [0.05, 0.1) is 0 Å². The maximum atomic E-state index is 5.92. The van der Waals surface area contributed by atoms with Gasteiger partial charge in [-0.15, -0.1) is 0 Å². The zero-order valence-electron chi connectivity index (χ0n) is 11.5. The Hall–Kier alpha value is -1.67. The smallest absolute Gasteiger partial charge is 0.123 e. The van der Waals surface area contributed by atoms with Crippen LogP contribution in [0.25, 0.3) is 0 Å². The van der Waals surface area contributed by atoms with Crippen LogP contribution in [0, 0.1) is 20.8 Å². The van der Waals surface area contributed by atoms with Crippen LogP contribution in [0.1, 0.15) is 22.3 Å². The molecule has 0 bridgehead atoms. The lowest BCUT2D eigenvalue weighted by Crippen LogP contribution is -2.02. The van der Waals surface area contributed by atoms with Gasteiger partial charge >= 0.3 is 0 Å². The molecule has 0 saturated carbocycles. The first-order valence-corrected chi connectivity index (χ1v) is 6.59. The number of rotatable bonds is 3. The van der Waals surface area contributed by atoms with Crippen LogP contribution >= 0.6 is 11.6 Å². The SMILES string of the molecule is Cc1cc(C)c(C)c(OCc2ccc(Cl)cc2N)c1. The fourth-order valence-electron chi connectivity index (χ4n) is 2.00. The highest BCUT2D eigenvalue weighted by Gasteiger charge is 2.06. The van der Waals surface area contributed by atoms with Gasteiger partial charge < -0.3 is 10.5 Å². The number of halogens is 1. The average Bonchev–Trinajstić information content (AvgIpc) is 2.33. The largest absolute Gasteiger partial charge is 0.489 e. The van der Waals surface area contributed by atoms with Crippen molar-refractivity contribution in [1.82, 2.24) is 0 Å². The van der Waals surface area contributed by atoms with Crippen molar-refractivity contribution in [2.45, 2.75) is 27.4 Å². The summed E-state index contributed by atoms with van der Waals surface area (Å²) in [5.41, 5.74) is 11.1. The lowest BCUT2D eigenvalue weighted by molar-refractivity contribution is 0.304. The van der Waals surface area contributed by atoms with Gasteiger partial charge in [0.2, 0.25) is 0 Å². The second-order valence-electron chi connectivity index (χ2n) is 4.84. The van der Waals surface area contributed by atoms with Gasteiger partial charge in [-0.05, 0) is 55.7 Å². The number of nitrogen functional groups attached to an aromatic ring is 1. The topological polar surface area (TPSA) is 35.2 Å². The van der Waals surface area contributed by atoms with E-state index in [0.29, 0.717) is 17.3 Å². The second-order valence-corrected chi connectivity index (χ2v) is 5.27. The minimum atomic E-state index is 0.451. The van der Waals surface area contributed by atoms with Crippen molar-refractivity contribution in [3.05, 3.63) is 57.6 Å².